The molecule has 28 heavy (non-hydrogen) atoms. The van der Waals surface area contributed by atoms with E-state index in [-0.39, 0.29) is 11.3 Å². The van der Waals surface area contributed by atoms with Gasteiger partial charge in [0.05, 0.1) is 9.85 Å². The highest BCUT2D eigenvalue weighted by Crippen LogP contribution is 2.29. The Labute approximate surface area is 159 Å². The maximum atomic E-state index is 13.0. The van der Waals surface area contributed by atoms with Crippen molar-refractivity contribution in [2.24, 2.45) is 0 Å². The molecule has 11 nitrogen and oxygen atoms in total. The lowest BCUT2D eigenvalue weighted by Gasteiger charge is -2.25. The molecule has 0 aromatic heterocycles. The minimum Gasteiger partial charge on any atom is -0.480 e. The lowest BCUT2D eigenvalue weighted by molar-refractivity contribution is -0.387. The van der Waals surface area contributed by atoms with Crippen LogP contribution < -0.4 is 0 Å². The van der Waals surface area contributed by atoms with Gasteiger partial charge in [-0.05, 0) is 18.6 Å². The van der Waals surface area contributed by atoms with Gasteiger partial charge >= 0.3 is 5.97 Å². The fraction of sp³-hybridized carbons (Fsp3) is 0.188. The number of hydrogen-bond acceptors (Lipinski definition) is 7. The van der Waals surface area contributed by atoms with Gasteiger partial charge in [-0.1, -0.05) is 24.3 Å². The van der Waals surface area contributed by atoms with Crippen molar-refractivity contribution < 1.29 is 28.2 Å². The second kappa shape index (κ2) is 8.10. The van der Waals surface area contributed by atoms with E-state index in [4.69, 9.17) is 0 Å². The zero-order valence-corrected chi connectivity index (χ0v) is 15.3. The van der Waals surface area contributed by atoms with Crippen LogP contribution in [0, 0.1) is 20.2 Å². The van der Waals surface area contributed by atoms with Crippen molar-refractivity contribution in [3.05, 3.63) is 74.3 Å². The van der Waals surface area contributed by atoms with E-state index < -0.39 is 49.0 Å². The first-order chi connectivity index (χ1) is 13.1. The molecule has 0 spiro atoms. The molecule has 12 heteroatoms. The number of carboxylic acid groups (broad SMARTS) is 1. The number of rotatable bonds is 8. The van der Waals surface area contributed by atoms with Gasteiger partial charge in [0.1, 0.15) is 6.04 Å². The van der Waals surface area contributed by atoms with Gasteiger partial charge in [0.2, 0.25) is 0 Å². The summed E-state index contributed by atoms with van der Waals surface area (Å²) >= 11 is 0. The van der Waals surface area contributed by atoms with Crippen molar-refractivity contribution in [3.63, 3.8) is 0 Å². The van der Waals surface area contributed by atoms with Gasteiger partial charge in [0.25, 0.3) is 21.4 Å². The number of hydrogen-bond donors (Lipinski definition) is 1. The van der Waals surface area contributed by atoms with Crippen LogP contribution >= 0.6 is 0 Å². The van der Waals surface area contributed by atoms with Crippen LogP contribution in [-0.2, 0) is 21.4 Å². The molecule has 0 fully saturated rings. The van der Waals surface area contributed by atoms with Crippen molar-refractivity contribution >= 4 is 27.4 Å². The number of non-ortho nitro benzene ring substituents is 1. The lowest BCUT2D eigenvalue weighted by atomic mass is 10.2. The molecule has 2 aromatic carbocycles. The van der Waals surface area contributed by atoms with Crippen molar-refractivity contribution in [1.29, 1.82) is 0 Å². The Bertz CT molecular complexity index is 1020. The van der Waals surface area contributed by atoms with E-state index >= 15 is 0 Å². The lowest BCUT2D eigenvalue weighted by Crippen LogP contribution is -2.42. The van der Waals surface area contributed by atoms with Crippen molar-refractivity contribution in [1.82, 2.24) is 4.31 Å². The second-order valence-electron chi connectivity index (χ2n) is 5.71. The van der Waals surface area contributed by atoms with Gasteiger partial charge in [0, 0.05) is 24.7 Å². The highest BCUT2D eigenvalue weighted by Gasteiger charge is 2.37. The van der Waals surface area contributed by atoms with Crippen molar-refractivity contribution in [2.75, 3.05) is 0 Å². The number of nitrogens with zero attached hydrogens (tertiary/aromatic N) is 3. The number of para-hydroxylation sites is 1. The van der Waals surface area contributed by atoms with E-state index in [0.29, 0.717) is 4.31 Å². The molecule has 148 valence electrons. The van der Waals surface area contributed by atoms with Crippen LogP contribution in [0.3, 0.4) is 0 Å². The van der Waals surface area contributed by atoms with Crippen LogP contribution in [0.1, 0.15) is 12.5 Å². The molecule has 0 heterocycles. The van der Waals surface area contributed by atoms with Crippen LogP contribution in [0.5, 0.6) is 0 Å². The Morgan fingerprint density at radius 1 is 1.07 bits per heavy atom. The minimum atomic E-state index is -4.57. The summed E-state index contributed by atoms with van der Waals surface area (Å²) in [7, 11) is -4.57. The fourth-order valence-corrected chi connectivity index (χ4v) is 4.14. The molecule has 0 radical (unpaired) electrons. The summed E-state index contributed by atoms with van der Waals surface area (Å²) in [5, 5.41) is 31.2. The average molecular weight is 409 g/mol. The molecule has 1 N–H and O–H groups in total. The Morgan fingerprint density at radius 3 is 2.14 bits per heavy atom. The van der Waals surface area contributed by atoms with Crippen molar-refractivity contribution in [3.8, 4) is 0 Å². The Balaban J connectivity index is 2.53. The quantitative estimate of drug-likeness (QED) is 0.512. The highest BCUT2D eigenvalue weighted by molar-refractivity contribution is 7.89. The largest absolute Gasteiger partial charge is 0.480 e. The van der Waals surface area contributed by atoms with Gasteiger partial charge in [-0.3, -0.25) is 25.0 Å². The number of sulfonamides is 1. The van der Waals surface area contributed by atoms with Crippen LogP contribution in [-0.4, -0.2) is 39.7 Å². The Hall–Kier alpha value is -3.38. The third kappa shape index (κ3) is 4.29. The molecular weight excluding hydrogens is 394 g/mol. The van der Waals surface area contributed by atoms with E-state index in [2.05, 4.69) is 0 Å². The first kappa shape index (κ1) is 20.9. The summed E-state index contributed by atoms with van der Waals surface area (Å²) in [5.74, 6) is -1.45. The Morgan fingerprint density at radius 2 is 1.64 bits per heavy atom. The van der Waals surface area contributed by atoms with Gasteiger partial charge in [-0.25, -0.2) is 8.42 Å². The summed E-state index contributed by atoms with van der Waals surface area (Å²) in [4.78, 5) is 31.2. The van der Waals surface area contributed by atoms with E-state index in [1.807, 2.05) is 0 Å². The number of carbonyl (C=O) groups is 1. The van der Waals surface area contributed by atoms with Gasteiger partial charge in [-0.2, -0.15) is 4.31 Å². The Kier molecular flexibility index (Phi) is 6.06. The van der Waals surface area contributed by atoms with Crippen LogP contribution in [0.2, 0.25) is 0 Å². The molecule has 0 saturated carbocycles. The van der Waals surface area contributed by atoms with E-state index in [0.717, 1.165) is 31.2 Å². The third-order valence-corrected chi connectivity index (χ3v) is 5.89. The summed E-state index contributed by atoms with van der Waals surface area (Å²) in [6.07, 6.45) is 0. The molecular formula is C16H15N3O8S. The predicted molar refractivity (Wildman–Crippen MR) is 96.0 cm³/mol. The van der Waals surface area contributed by atoms with E-state index in [9.17, 15) is 38.5 Å². The molecule has 0 bridgehead atoms. The van der Waals surface area contributed by atoms with Gasteiger partial charge < -0.3 is 5.11 Å². The maximum Gasteiger partial charge on any atom is 0.321 e. The monoisotopic (exact) mass is 409 g/mol. The number of benzene rings is 2. The molecule has 1 atom stereocenters. The standard InChI is InChI=1S/C16H15N3O8S/c1-11(16(20)21)17(10-12-6-8-13(9-7-12)18(22)23)28(26,27)15-5-3-2-4-14(15)19(24)25/h2-9,11H,10H2,1H3,(H,20,21)/t11-/m0/s1. The fourth-order valence-electron chi connectivity index (χ4n) is 2.41. The molecule has 0 amide bonds. The SMILES string of the molecule is C[C@@H](C(=O)O)N(Cc1ccc([N+](=O)[O-])cc1)S(=O)(=O)c1ccccc1[N+](=O)[O-]. The predicted octanol–water partition coefficient (Wildman–Crippen LogP) is 2.17. The summed E-state index contributed by atoms with van der Waals surface area (Å²) in [5.41, 5.74) is -0.627. The van der Waals surface area contributed by atoms with Crippen LogP contribution in [0.25, 0.3) is 0 Å². The number of carboxylic acids is 1. The average Bonchev–Trinajstić information content (AvgIpc) is 2.65. The highest BCUT2D eigenvalue weighted by atomic mass is 32.2. The summed E-state index contributed by atoms with van der Waals surface area (Å²) < 4.78 is 26.7. The maximum absolute atomic E-state index is 13.0. The van der Waals surface area contributed by atoms with Crippen LogP contribution in [0.4, 0.5) is 11.4 Å². The second-order valence-corrected chi connectivity index (χ2v) is 7.57. The smallest absolute Gasteiger partial charge is 0.321 e. The zero-order valence-electron chi connectivity index (χ0n) is 14.5. The number of aliphatic carboxylic acids is 1. The van der Waals surface area contributed by atoms with Gasteiger partial charge in [0.15, 0.2) is 4.90 Å². The van der Waals surface area contributed by atoms with Crippen LogP contribution in [0.15, 0.2) is 53.4 Å². The molecule has 0 aliphatic heterocycles. The number of nitro benzene ring substituents is 2. The molecule has 0 saturated heterocycles. The summed E-state index contributed by atoms with van der Waals surface area (Å²) in [6, 6.07) is 7.93. The van der Waals surface area contributed by atoms with E-state index in [1.54, 1.807) is 0 Å². The molecule has 2 aromatic rings. The van der Waals surface area contributed by atoms with E-state index in [1.165, 1.54) is 24.3 Å². The van der Waals surface area contributed by atoms with Gasteiger partial charge in [-0.15, -0.1) is 0 Å². The normalized spacial score (nSPS) is 12.5. The topological polar surface area (TPSA) is 161 Å². The summed E-state index contributed by atoms with van der Waals surface area (Å²) in [6.45, 7) is 0.680. The molecule has 0 aliphatic carbocycles. The molecule has 0 unspecified atom stereocenters. The number of nitro groups is 2. The first-order valence-corrected chi connectivity index (χ1v) is 9.21. The van der Waals surface area contributed by atoms with Crippen molar-refractivity contribution in [2.45, 2.75) is 24.4 Å². The zero-order chi connectivity index (χ0) is 21.1. The molecule has 0 aliphatic rings. The minimum absolute atomic E-state index is 0.219. The third-order valence-electron chi connectivity index (χ3n) is 3.92. The molecule has 2 rings (SSSR count). The first-order valence-electron chi connectivity index (χ1n) is 7.77.